The van der Waals surface area contributed by atoms with Gasteiger partial charge in [0.2, 0.25) is 5.91 Å². The van der Waals surface area contributed by atoms with Crippen molar-refractivity contribution < 1.29 is 42.4 Å². The molecule has 0 aromatic carbocycles. The van der Waals surface area contributed by atoms with Gasteiger partial charge in [-0.2, -0.15) is 13.2 Å². The fraction of sp³-hybridized carbons (Fsp3) is 0.667. The molecule has 1 atom stereocenters. The van der Waals surface area contributed by atoms with Gasteiger partial charge in [0.1, 0.15) is 0 Å². The summed E-state index contributed by atoms with van der Waals surface area (Å²) in [6.07, 6.45) is -5.02. The van der Waals surface area contributed by atoms with Crippen LogP contribution in [0, 0.1) is 6.92 Å². The van der Waals surface area contributed by atoms with E-state index >= 15 is 0 Å². The third-order valence-electron chi connectivity index (χ3n) is 1.92. The van der Waals surface area contributed by atoms with E-state index in [2.05, 4.69) is 31.5 Å². The van der Waals surface area contributed by atoms with Crippen LogP contribution in [0.25, 0.3) is 0 Å². The number of hydrogen-bond donors (Lipinski definition) is 1. The molecule has 0 spiro atoms. The van der Waals surface area contributed by atoms with Crippen molar-refractivity contribution in [2.75, 3.05) is 14.2 Å². The first-order valence-corrected chi connectivity index (χ1v) is 14.0. The molecule has 0 fully saturated rings. The van der Waals surface area contributed by atoms with Crippen LogP contribution in [0.2, 0.25) is 0 Å². The Morgan fingerprint density at radius 3 is 2.32 bits per heavy atom. The third-order valence-corrected chi connectivity index (χ3v) is 1.92. The molecule has 0 aromatic heterocycles. The average molecular weight is 448 g/mol. The number of halogens is 4. The Bertz CT molecular complexity index is 292. The number of rotatable bonds is 5. The van der Waals surface area contributed by atoms with E-state index in [9.17, 15) is 22.8 Å². The summed E-state index contributed by atoms with van der Waals surface area (Å²) in [5.41, 5.74) is 0. The van der Waals surface area contributed by atoms with Crippen molar-refractivity contribution in [3.8, 4) is 0 Å². The molecule has 0 saturated heterocycles. The van der Waals surface area contributed by atoms with Crippen molar-refractivity contribution in [3.05, 3.63) is 6.92 Å². The fourth-order valence-electron chi connectivity index (χ4n) is 0.896. The number of nitrogens with one attached hydrogen (secondary N) is 1. The number of hydroxylamine groups is 2. The van der Waals surface area contributed by atoms with Crippen LogP contribution < -0.4 is 5.32 Å². The van der Waals surface area contributed by atoms with E-state index in [4.69, 9.17) is 0 Å². The van der Waals surface area contributed by atoms with Crippen LogP contribution in [0.15, 0.2) is 0 Å². The molecule has 0 radical (unpaired) electrons. The molecule has 0 aliphatic heterocycles. The molecule has 0 aromatic rings. The van der Waals surface area contributed by atoms with Gasteiger partial charge in [-0.15, -0.1) is 0 Å². The van der Waals surface area contributed by atoms with Crippen LogP contribution in [0.3, 0.4) is 0 Å². The molecule has 5 nitrogen and oxygen atoms in total. The Morgan fingerprint density at radius 2 is 1.95 bits per heavy atom. The molecule has 0 heterocycles. The Labute approximate surface area is 130 Å². The SMILES string of the molecule is [CH2-][C@H](CCC(=O)N(C)OC)NC(=O)C(F)(F)F.[Zn+][I]. The number of nitrogens with zero attached hydrogens (tertiary/aromatic N) is 1. The molecule has 2 amide bonds. The first-order valence-electron chi connectivity index (χ1n) is 4.96. The van der Waals surface area contributed by atoms with Crippen molar-refractivity contribution in [2.24, 2.45) is 0 Å². The molecule has 0 bridgehead atoms. The van der Waals surface area contributed by atoms with Gasteiger partial charge in [-0.1, -0.05) is 12.5 Å². The van der Waals surface area contributed by atoms with Gasteiger partial charge in [0.05, 0.1) is 7.11 Å². The van der Waals surface area contributed by atoms with Crippen LogP contribution in [0.1, 0.15) is 12.8 Å². The Balaban J connectivity index is 0. The standard InChI is InChI=1S/C9H14F3N2O3.HI.Zn/c1-6(13-8(16)9(10,11)12)4-5-7(15)14(2)17-3;;/h6H,1,4-5H2,2-3H3,(H,13,16);1H;/q-1;;+2/p-1/t6-;;/m1../s1. The van der Waals surface area contributed by atoms with Crippen molar-refractivity contribution in [1.29, 1.82) is 0 Å². The van der Waals surface area contributed by atoms with Gasteiger partial charge in [-0.3, -0.25) is 14.4 Å². The quantitative estimate of drug-likeness (QED) is 0.301. The zero-order chi connectivity index (χ0) is 15.6. The van der Waals surface area contributed by atoms with Crippen molar-refractivity contribution in [1.82, 2.24) is 10.4 Å². The van der Waals surface area contributed by atoms with Gasteiger partial charge in [-0.25, -0.2) is 5.06 Å². The summed E-state index contributed by atoms with van der Waals surface area (Å²) in [5, 5.41) is 2.59. The van der Waals surface area contributed by atoms with Gasteiger partial charge in [0.25, 0.3) is 0 Å². The van der Waals surface area contributed by atoms with Gasteiger partial charge in [0, 0.05) is 13.5 Å². The first kappa shape index (κ1) is 21.3. The minimum absolute atomic E-state index is 0.00560. The molecule has 0 unspecified atom stereocenters. The second-order valence-electron chi connectivity index (χ2n) is 3.28. The molecule has 0 aliphatic carbocycles. The van der Waals surface area contributed by atoms with Crippen LogP contribution >= 0.6 is 19.8 Å². The molecule has 10 heteroatoms. The van der Waals surface area contributed by atoms with Crippen LogP contribution in [0.5, 0.6) is 0 Å². The number of carbonyl (C=O) groups excluding carboxylic acids is 2. The van der Waals surface area contributed by atoms with E-state index in [0.717, 1.165) is 5.06 Å². The van der Waals surface area contributed by atoms with Gasteiger partial charge in [0.15, 0.2) is 0 Å². The fourth-order valence-corrected chi connectivity index (χ4v) is 0.896. The Morgan fingerprint density at radius 1 is 1.47 bits per heavy atom. The summed E-state index contributed by atoms with van der Waals surface area (Å²) in [6, 6.07) is -0.988. The maximum absolute atomic E-state index is 11.9. The van der Waals surface area contributed by atoms with E-state index in [0.29, 0.717) is 0 Å². The van der Waals surface area contributed by atoms with Gasteiger partial charge >= 0.3 is 46.6 Å². The van der Waals surface area contributed by atoms with Gasteiger partial charge < -0.3 is 12.2 Å². The third kappa shape index (κ3) is 10.5. The normalized spacial score (nSPS) is 12.1. The predicted molar refractivity (Wildman–Crippen MR) is 66.4 cm³/mol. The molecule has 108 valence electrons. The molecule has 1 N–H and O–H groups in total. The number of carbonyl (C=O) groups is 2. The maximum atomic E-state index is 11.9. The summed E-state index contributed by atoms with van der Waals surface area (Å²) in [7, 11) is 2.65. The molecular formula is C9H14F3IN2O3Zn. The van der Waals surface area contributed by atoms with Crippen LogP contribution in [-0.4, -0.2) is 43.3 Å². The van der Waals surface area contributed by atoms with Crippen LogP contribution in [-0.2, 0) is 29.2 Å². The Hall–Kier alpha value is 0.0434. The zero-order valence-corrected chi connectivity index (χ0v) is 15.7. The summed E-state index contributed by atoms with van der Waals surface area (Å²) in [6.45, 7) is 3.31. The summed E-state index contributed by atoms with van der Waals surface area (Å²) in [5.74, 6) is -2.48. The molecule has 0 aliphatic rings. The molecule has 19 heavy (non-hydrogen) atoms. The van der Waals surface area contributed by atoms with E-state index in [-0.39, 0.29) is 12.8 Å². The number of hydrogen-bond acceptors (Lipinski definition) is 3. The van der Waals surface area contributed by atoms with Crippen molar-refractivity contribution >= 4 is 31.6 Å². The van der Waals surface area contributed by atoms with E-state index in [1.807, 2.05) is 0 Å². The summed E-state index contributed by atoms with van der Waals surface area (Å²) in [4.78, 5) is 26.3. The van der Waals surface area contributed by atoms with Crippen molar-refractivity contribution in [2.45, 2.75) is 25.1 Å². The summed E-state index contributed by atoms with van der Waals surface area (Å²) >= 11 is 3.62. The monoisotopic (exact) mass is 446 g/mol. The van der Waals surface area contributed by atoms with E-state index in [1.165, 1.54) is 28.9 Å². The van der Waals surface area contributed by atoms with Crippen LogP contribution in [0.4, 0.5) is 13.2 Å². The summed E-state index contributed by atoms with van der Waals surface area (Å²) < 4.78 is 35.6. The second kappa shape index (κ2) is 10.8. The second-order valence-corrected chi connectivity index (χ2v) is 3.28. The number of amides is 2. The molecule has 0 rings (SSSR count). The average Bonchev–Trinajstić information content (AvgIpc) is 2.36. The van der Waals surface area contributed by atoms with E-state index in [1.54, 1.807) is 5.32 Å². The molecular weight excluding hydrogens is 433 g/mol. The number of alkyl halides is 3. The first-order chi connectivity index (χ1) is 8.68. The van der Waals surface area contributed by atoms with Crippen molar-refractivity contribution in [3.63, 3.8) is 0 Å². The Kier molecular flexibility index (Phi) is 12.1. The minimum atomic E-state index is -4.94. The predicted octanol–water partition coefficient (Wildman–Crippen LogP) is 1.55. The topological polar surface area (TPSA) is 58.6 Å². The van der Waals surface area contributed by atoms with Gasteiger partial charge in [-0.05, 0) is 0 Å². The van der Waals surface area contributed by atoms with E-state index < -0.39 is 24.0 Å². The molecule has 0 saturated carbocycles. The zero-order valence-electron chi connectivity index (χ0n) is 10.6.